The van der Waals surface area contributed by atoms with Crippen LogP contribution in [-0.4, -0.2) is 34.0 Å². The molecule has 0 radical (unpaired) electrons. The van der Waals surface area contributed by atoms with E-state index < -0.39 is 0 Å². The average molecular weight is 417 g/mol. The summed E-state index contributed by atoms with van der Waals surface area (Å²) in [5, 5.41) is 9.60. The van der Waals surface area contributed by atoms with Crippen molar-refractivity contribution in [3.8, 4) is 0 Å². The van der Waals surface area contributed by atoms with E-state index in [1.165, 1.54) is 24.3 Å². The van der Waals surface area contributed by atoms with Crippen molar-refractivity contribution in [2.45, 2.75) is 25.9 Å². The van der Waals surface area contributed by atoms with Crippen LogP contribution < -0.4 is 11.1 Å². The maximum absolute atomic E-state index is 12.7. The summed E-state index contributed by atoms with van der Waals surface area (Å²) in [6.07, 6.45) is 4.39. The number of carbonyl (C=O) groups excluding carboxylic acids is 2. The van der Waals surface area contributed by atoms with Gasteiger partial charge in [-0.05, 0) is 49.2 Å². The molecule has 3 rings (SSSR count). The van der Waals surface area contributed by atoms with Crippen molar-refractivity contribution in [2.75, 3.05) is 6.54 Å². The number of aromatic nitrogens is 3. The molecule has 0 aliphatic carbocycles. The van der Waals surface area contributed by atoms with Gasteiger partial charge >= 0.3 is 0 Å². The number of carbonyl (C=O) groups is 2. The molecule has 0 bridgehead atoms. The smallest absolute Gasteiger partial charge is 0.207 e. The van der Waals surface area contributed by atoms with Crippen molar-refractivity contribution < 1.29 is 18.4 Å². The molecule has 3 N–H and O–H groups in total. The van der Waals surface area contributed by atoms with Crippen LogP contribution in [0.3, 0.4) is 0 Å². The molecule has 9 heteroatoms. The Kier molecular flexibility index (Phi) is 11.2. The number of nitrogens with zero attached hydrogens (tertiary/aromatic N) is 3. The van der Waals surface area contributed by atoms with Gasteiger partial charge in [-0.1, -0.05) is 24.3 Å². The normalized spacial score (nSPS) is 11.6. The maximum atomic E-state index is 12.7. The second-order valence-electron chi connectivity index (χ2n) is 6.17. The zero-order valence-corrected chi connectivity index (χ0v) is 16.8. The number of nitrogens with one attached hydrogen (secondary N) is 1. The lowest BCUT2D eigenvalue weighted by atomic mass is 10.1. The Morgan fingerprint density at radius 1 is 0.933 bits per heavy atom. The molecule has 160 valence electrons. The monoisotopic (exact) mass is 417 g/mol. The number of amides is 1. The highest BCUT2D eigenvalue weighted by molar-refractivity contribution is 5.58. The number of benzene rings is 2. The molecular formula is C21H25F2N5O2. The number of aldehydes is 1. The lowest BCUT2D eigenvalue weighted by Gasteiger charge is -2.11. The number of rotatable bonds is 6. The summed E-state index contributed by atoms with van der Waals surface area (Å²) in [5.41, 5.74) is 7.53. The lowest BCUT2D eigenvalue weighted by molar-refractivity contribution is -0.113. The van der Waals surface area contributed by atoms with Gasteiger partial charge in [-0.2, -0.15) is 0 Å². The molecule has 1 amide bonds. The van der Waals surface area contributed by atoms with Gasteiger partial charge in [-0.3, -0.25) is 4.79 Å². The van der Waals surface area contributed by atoms with Crippen LogP contribution in [0, 0.1) is 11.6 Å². The number of hydrogen-bond acceptors (Lipinski definition) is 5. The van der Waals surface area contributed by atoms with Crippen LogP contribution in [0.1, 0.15) is 37.1 Å². The highest BCUT2D eigenvalue weighted by Gasteiger charge is 2.06. The summed E-state index contributed by atoms with van der Waals surface area (Å²) < 4.78 is 26.8. The SMILES string of the molecule is C[C@@H](N)c1ccc(F)cc1.C[C@H](c1ccc(F)cc1)n1cnnc1.O=CCNC=O. The van der Waals surface area contributed by atoms with E-state index in [-0.39, 0.29) is 30.3 Å². The zero-order valence-electron chi connectivity index (χ0n) is 16.8. The third kappa shape index (κ3) is 9.16. The largest absolute Gasteiger partial charge is 0.352 e. The summed E-state index contributed by atoms with van der Waals surface area (Å²) in [5.74, 6) is -0.436. The number of hydrogen-bond donors (Lipinski definition) is 2. The highest BCUT2D eigenvalue weighted by atomic mass is 19.1. The molecule has 0 fully saturated rings. The molecule has 0 saturated carbocycles. The van der Waals surface area contributed by atoms with Crippen molar-refractivity contribution in [1.29, 1.82) is 0 Å². The van der Waals surface area contributed by atoms with Gasteiger partial charge in [-0.25, -0.2) is 8.78 Å². The Balaban J connectivity index is 0.000000247. The summed E-state index contributed by atoms with van der Waals surface area (Å²) >= 11 is 0. The second-order valence-corrected chi connectivity index (χ2v) is 6.17. The van der Waals surface area contributed by atoms with Crippen molar-refractivity contribution in [3.05, 3.63) is 83.9 Å². The summed E-state index contributed by atoms with van der Waals surface area (Å²) in [6.45, 7) is 3.99. The van der Waals surface area contributed by atoms with Gasteiger partial charge in [0.05, 0.1) is 12.6 Å². The van der Waals surface area contributed by atoms with Crippen LogP contribution in [0.25, 0.3) is 0 Å². The van der Waals surface area contributed by atoms with E-state index in [1.807, 2.05) is 18.4 Å². The van der Waals surface area contributed by atoms with Gasteiger partial charge in [0.15, 0.2) is 0 Å². The zero-order chi connectivity index (χ0) is 22.4. The Hall–Kier alpha value is -3.46. The van der Waals surface area contributed by atoms with E-state index in [0.29, 0.717) is 12.7 Å². The van der Waals surface area contributed by atoms with E-state index in [0.717, 1.165) is 11.1 Å². The van der Waals surface area contributed by atoms with Crippen LogP contribution in [0.15, 0.2) is 61.2 Å². The minimum absolute atomic E-state index is 0.0133. The molecule has 7 nitrogen and oxygen atoms in total. The third-order valence-corrected chi connectivity index (χ3v) is 3.92. The molecule has 1 heterocycles. The standard InChI is InChI=1S/C10H10FN3.C8H10FN.C3H5NO2/c1-8(14-6-12-13-7-14)9-2-4-10(11)5-3-9;1-6(10)7-2-4-8(9)5-3-7;5-2-1-4-3-6/h2-8H,1H3;2-6H,10H2,1H3;2-3H,1H2,(H,4,6)/t8-;6-;/m11./s1. The maximum Gasteiger partial charge on any atom is 0.207 e. The molecule has 0 saturated heterocycles. The van der Waals surface area contributed by atoms with Crippen LogP contribution in [0.5, 0.6) is 0 Å². The Morgan fingerprint density at radius 3 is 1.77 bits per heavy atom. The van der Waals surface area contributed by atoms with Gasteiger partial charge in [0.2, 0.25) is 6.41 Å². The molecule has 30 heavy (non-hydrogen) atoms. The van der Waals surface area contributed by atoms with Gasteiger partial charge < -0.3 is 20.4 Å². The van der Waals surface area contributed by atoms with E-state index in [1.54, 1.807) is 36.9 Å². The summed E-state index contributed by atoms with van der Waals surface area (Å²) in [7, 11) is 0. The first-order valence-corrected chi connectivity index (χ1v) is 9.10. The molecule has 2 aromatic carbocycles. The molecule has 0 aliphatic heterocycles. The number of halogens is 2. The van der Waals surface area contributed by atoms with Crippen molar-refractivity contribution in [2.24, 2.45) is 5.73 Å². The molecule has 1 aromatic heterocycles. The predicted molar refractivity (Wildman–Crippen MR) is 109 cm³/mol. The minimum atomic E-state index is -0.218. The molecule has 2 atom stereocenters. The van der Waals surface area contributed by atoms with Crippen LogP contribution in [0.2, 0.25) is 0 Å². The van der Waals surface area contributed by atoms with Gasteiger partial charge in [0, 0.05) is 6.04 Å². The second kappa shape index (κ2) is 13.7. The van der Waals surface area contributed by atoms with Gasteiger partial charge in [-0.15, -0.1) is 10.2 Å². The first-order valence-electron chi connectivity index (χ1n) is 9.10. The van der Waals surface area contributed by atoms with Gasteiger partial charge in [0.25, 0.3) is 0 Å². The highest BCUT2D eigenvalue weighted by Crippen LogP contribution is 2.16. The van der Waals surface area contributed by atoms with Gasteiger partial charge in [0.1, 0.15) is 30.6 Å². The summed E-state index contributed by atoms with van der Waals surface area (Å²) in [4.78, 5) is 18.6. The first-order chi connectivity index (χ1) is 14.4. The van der Waals surface area contributed by atoms with E-state index in [4.69, 9.17) is 5.73 Å². The van der Waals surface area contributed by atoms with Crippen LogP contribution in [0.4, 0.5) is 8.78 Å². The van der Waals surface area contributed by atoms with E-state index in [2.05, 4.69) is 15.5 Å². The molecule has 0 aliphatic rings. The third-order valence-electron chi connectivity index (χ3n) is 3.92. The minimum Gasteiger partial charge on any atom is -0.352 e. The fourth-order valence-electron chi connectivity index (χ4n) is 2.18. The Labute approximate surface area is 173 Å². The van der Waals surface area contributed by atoms with E-state index in [9.17, 15) is 18.4 Å². The van der Waals surface area contributed by atoms with E-state index >= 15 is 0 Å². The topological polar surface area (TPSA) is 103 Å². The average Bonchev–Trinajstić information content (AvgIpc) is 3.28. The molecular weight excluding hydrogens is 392 g/mol. The van der Waals surface area contributed by atoms with Crippen LogP contribution >= 0.6 is 0 Å². The lowest BCUT2D eigenvalue weighted by Crippen LogP contribution is -2.12. The van der Waals surface area contributed by atoms with Crippen molar-refractivity contribution in [3.63, 3.8) is 0 Å². The first kappa shape index (κ1) is 24.6. The molecule has 3 aromatic rings. The predicted octanol–water partition coefficient (Wildman–Crippen LogP) is 2.80. The summed E-state index contributed by atoms with van der Waals surface area (Å²) in [6, 6.07) is 12.8. The van der Waals surface area contributed by atoms with Crippen LogP contribution in [-0.2, 0) is 9.59 Å². The quantitative estimate of drug-likeness (QED) is 0.474. The number of nitrogens with two attached hydrogens (primary N) is 1. The van der Waals surface area contributed by atoms with Crippen molar-refractivity contribution in [1.82, 2.24) is 20.1 Å². The Morgan fingerprint density at radius 2 is 1.40 bits per heavy atom. The Bertz CT molecular complexity index is 846. The molecule has 0 spiro atoms. The molecule has 0 unspecified atom stereocenters. The fourth-order valence-corrected chi connectivity index (χ4v) is 2.18. The van der Waals surface area contributed by atoms with Crippen molar-refractivity contribution >= 4 is 12.7 Å². The fraction of sp³-hybridized carbons (Fsp3) is 0.238.